The smallest absolute Gasteiger partial charge is 0.198 e. The first-order valence-corrected chi connectivity index (χ1v) is 5.90. The Morgan fingerprint density at radius 1 is 1.38 bits per heavy atom. The van der Waals surface area contributed by atoms with Gasteiger partial charge in [0.1, 0.15) is 6.26 Å². The number of halogens is 1. The summed E-state index contributed by atoms with van der Waals surface area (Å²) in [6.07, 6.45) is 2.41. The number of nitrogens with zero attached hydrogens (tertiary/aromatic N) is 1. The van der Waals surface area contributed by atoms with E-state index in [1.165, 1.54) is 5.56 Å². The lowest BCUT2D eigenvalue weighted by Gasteiger charge is -1.99. The third-order valence-electron chi connectivity index (χ3n) is 2.26. The van der Waals surface area contributed by atoms with Gasteiger partial charge in [0.2, 0.25) is 0 Å². The molecule has 0 fully saturated rings. The van der Waals surface area contributed by atoms with Crippen molar-refractivity contribution in [3.63, 3.8) is 0 Å². The average Bonchev–Trinajstić information content (AvgIpc) is 2.70. The molecule has 2 rings (SSSR count). The van der Waals surface area contributed by atoms with Crippen molar-refractivity contribution in [3.05, 3.63) is 52.1 Å². The Balaban J connectivity index is 2.11. The standard InChI is InChI=1S/C12H13BrN2O/c1-14-7-10-8-16-12(15-10)6-9-4-2-3-5-11(9)13/h2-5,8,14H,6-7H2,1H3. The van der Waals surface area contributed by atoms with Gasteiger partial charge in [-0.25, -0.2) is 4.98 Å². The monoisotopic (exact) mass is 280 g/mol. The normalized spacial score (nSPS) is 10.6. The Bertz CT molecular complexity index is 468. The van der Waals surface area contributed by atoms with Gasteiger partial charge in [0.15, 0.2) is 5.89 Å². The van der Waals surface area contributed by atoms with Crippen molar-refractivity contribution < 1.29 is 4.42 Å². The third kappa shape index (κ3) is 2.71. The molecule has 84 valence electrons. The summed E-state index contributed by atoms with van der Waals surface area (Å²) in [5.41, 5.74) is 2.12. The lowest BCUT2D eigenvalue weighted by molar-refractivity contribution is 0.506. The van der Waals surface area contributed by atoms with Crippen LogP contribution in [-0.4, -0.2) is 12.0 Å². The zero-order valence-electron chi connectivity index (χ0n) is 9.03. The van der Waals surface area contributed by atoms with Gasteiger partial charge in [0, 0.05) is 11.0 Å². The Morgan fingerprint density at radius 3 is 2.94 bits per heavy atom. The van der Waals surface area contributed by atoms with Crippen molar-refractivity contribution in [2.45, 2.75) is 13.0 Å². The van der Waals surface area contributed by atoms with E-state index in [1.54, 1.807) is 6.26 Å². The van der Waals surface area contributed by atoms with Crippen molar-refractivity contribution in [3.8, 4) is 0 Å². The van der Waals surface area contributed by atoms with Crippen LogP contribution in [0.3, 0.4) is 0 Å². The van der Waals surface area contributed by atoms with Crippen LogP contribution in [0.25, 0.3) is 0 Å². The zero-order valence-corrected chi connectivity index (χ0v) is 10.6. The molecule has 16 heavy (non-hydrogen) atoms. The molecule has 0 radical (unpaired) electrons. The predicted molar refractivity (Wildman–Crippen MR) is 66.2 cm³/mol. The highest BCUT2D eigenvalue weighted by Crippen LogP contribution is 2.19. The van der Waals surface area contributed by atoms with Crippen LogP contribution < -0.4 is 5.32 Å². The van der Waals surface area contributed by atoms with Gasteiger partial charge < -0.3 is 9.73 Å². The second-order valence-corrected chi connectivity index (χ2v) is 4.39. The minimum Gasteiger partial charge on any atom is -0.448 e. The van der Waals surface area contributed by atoms with E-state index in [0.717, 1.165) is 22.6 Å². The molecule has 1 heterocycles. The van der Waals surface area contributed by atoms with Crippen molar-refractivity contribution in [1.29, 1.82) is 0 Å². The highest BCUT2D eigenvalue weighted by molar-refractivity contribution is 9.10. The van der Waals surface area contributed by atoms with Crippen molar-refractivity contribution in [2.24, 2.45) is 0 Å². The number of hydrogen-bond donors (Lipinski definition) is 1. The molecule has 0 bridgehead atoms. The topological polar surface area (TPSA) is 38.1 Å². The van der Waals surface area contributed by atoms with Gasteiger partial charge in [0.05, 0.1) is 12.1 Å². The van der Waals surface area contributed by atoms with Gasteiger partial charge >= 0.3 is 0 Å². The van der Waals surface area contributed by atoms with Gasteiger partial charge in [0.25, 0.3) is 0 Å². The molecule has 1 aromatic carbocycles. The van der Waals surface area contributed by atoms with Crippen LogP contribution in [0.15, 0.2) is 39.4 Å². The maximum Gasteiger partial charge on any atom is 0.198 e. The van der Waals surface area contributed by atoms with Gasteiger partial charge in [-0.15, -0.1) is 0 Å². The lowest BCUT2D eigenvalue weighted by atomic mass is 10.1. The number of oxazole rings is 1. The first kappa shape index (κ1) is 11.4. The maximum atomic E-state index is 5.40. The van der Waals surface area contributed by atoms with Crippen molar-refractivity contribution in [2.75, 3.05) is 7.05 Å². The molecule has 3 nitrogen and oxygen atoms in total. The largest absolute Gasteiger partial charge is 0.448 e. The van der Waals surface area contributed by atoms with Crippen LogP contribution in [0, 0.1) is 0 Å². The fraction of sp³-hybridized carbons (Fsp3) is 0.250. The van der Waals surface area contributed by atoms with Gasteiger partial charge in [-0.3, -0.25) is 0 Å². The zero-order chi connectivity index (χ0) is 11.4. The Labute approximate surface area is 103 Å². The Kier molecular flexibility index (Phi) is 3.74. The van der Waals surface area contributed by atoms with Crippen LogP contribution in [0.4, 0.5) is 0 Å². The summed E-state index contributed by atoms with van der Waals surface area (Å²) in [7, 11) is 1.89. The van der Waals surface area contributed by atoms with Crippen LogP contribution >= 0.6 is 15.9 Å². The first-order valence-electron chi connectivity index (χ1n) is 5.11. The molecule has 0 saturated carbocycles. The fourth-order valence-electron chi connectivity index (χ4n) is 1.50. The molecular weight excluding hydrogens is 268 g/mol. The van der Waals surface area contributed by atoms with E-state index in [4.69, 9.17) is 4.42 Å². The Hall–Kier alpha value is -1.13. The second kappa shape index (κ2) is 5.27. The first-order chi connectivity index (χ1) is 7.79. The molecule has 0 aliphatic heterocycles. The molecule has 0 amide bonds. The van der Waals surface area contributed by atoms with E-state index in [9.17, 15) is 0 Å². The van der Waals surface area contributed by atoms with Crippen LogP contribution in [0.5, 0.6) is 0 Å². The van der Waals surface area contributed by atoms with E-state index < -0.39 is 0 Å². The summed E-state index contributed by atoms with van der Waals surface area (Å²) in [5.74, 6) is 0.747. The SMILES string of the molecule is CNCc1coc(Cc2ccccc2Br)n1. The number of hydrogen-bond acceptors (Lipinski definition) is 3. The summed E-state index contributed by atoms with van der Waals surface area (Å²) in [6.45, 7) is 0.736. The molecule has 1 N–H and O–H groups in total. The molecule has 1 aromatic heterocycles. The molecule has 0 spiro atoms. The summed E-state index contributed by atoms with van der Waals surface area (Å²) >= 11 is 3.51. The molecule has 4 heteroatoms. The molecular formula is C12H13BrN2O. The van der Waals surface area contributed by atoms with Crippen molar-refractivity contribution >= 4 is 15.9 Å². The molecule has 0 unspecified atom stereocenters. The quantitative estimate of drug-likeness (QED) is 0.936. The summed E-state index contributed by atoms with van der Waals surface area (Å²) in [4.78, 5) is 4.39. The fourth-order valence-corrected chi connectivity index (χ4v) is 1.92. The van der Waals surface area contributed by atoms with Gasteiger partial charge in [-0.05, 0) is 18.7 Å². The highest BCUT2D eigenvalue weighted by atomic mass is 79.9. The summed E-state index contributed by atoms with van der Waals surface area (Å²) < 4.78 is 6.49. The number of nitrogens with one attached hydrogen (secondary N) is 1. The van der Waals surface area contributed by atoms with Crippen LogP contribution in [0.2, 0.25) is 0 Å². The molecule has 0 saturated heterocycles. The molecule has 0 atom stereocenters. The molecule has 0 aliphatic carbocycles. The number of rotatable bonds is 4. The van der Waals surface area contributed by atoms with Gasteiger partial charge in [-0.2, -0.15) is 0 Å². The highest BCUT2D eigenvalue weighted by Gasteiger charge is 2.06. The minimum atomic E-state index is 0.713. The molecule has 2 aromatic rings. The Morgan fingerprint density at radius 2 is 2.19 bits per heavy atom. The van der Waals surface area contributed by atoms with E-state index in [-0.39, 0.29) is 0 Å². The van der Waals surface area contributed by atoms with E-state index >= 15 is 0 Å². The summed E-state index contributed by atoms with van der Waals surface area (Å²) in [6, 6.07) is 8.09. The van der Waals surface area contributed by atoms with Crippen molar-refractivity contribution in [1.82, 2.24) is 10.3 Å². The average molecular weight is 281 g/mol. The van der Waals surface area contributed by atoms with Crippen LogP contribution in [0.1, 0.15) is 17.1 Å². The van der Waals surface area contributed by atoms with Crippen LogP contribution in [-0.2, 0) is 13.0 Å². The van der Waals surface area contributed by atoms with E-state index in [0.29, 0.717) is 6.42 Å². The predicted octanol–water partition coefficient (Wildman–Crippen LogP) is 2.75. The van der Waals surface area contributed by atoms with E-state index in [1.807, 2.05) is 25.2 Å². The third-order valence-corrected chi connectivity index (χ3v) is 3.03. The molecule has 0 aliphatic rings. The maximum absolute atomic E-state index is 5.40. The lowest BCUT2D eigenvalue weighted by Crippen LogP contribution is -2.05. The summed E-state index contributed by atoms with van der Waals surface area (Å²) in [5, 5.41) is 3.04. The second-order valence-electron chi connectivity index (χ2n) is 3.53. The van der Waals surface area contributed by atoms with Gasteiger partial charge in [-0.1, -0.05) is 34.1 Å². The number of benzene rings is 1. The minimum absolute atomic E-state index is 0.713. The van der Waals surface area contributed by atoms with E-state index in [2.05, 4.69) is 32.3 Å². The number of aromatic nitrogens is 1.